The summed E-state index contributed by atoms with van der Waals surface area (Å²) in [5, 5.41) is 9.70. The highest BCUT2D eigenvalue weighted by Gasteiger charge is 2.38. The van der Waals surface area contributed by atoms with Gasteiger partial charge in [-0.3, -0.25) is 4.90 Å². The molecule has 0 spiro atoms. The van der Waals surface area contributed by atoms with Gasteiger partial charge in [0.2, 0.25) is 0 Å². The Balaban J connectivity index is 1.89. The van der Waals surface area contributed by atoms with E-state index in [2.05, 4.69) is 15.9 Å². The van der Waals surface area contributed by atoms with Gasteiger partial charge in [0, 0.05) is 23.2 Å². The second kappa shape index (κ2) is 7.14. The van der Waals surface area contributed by atoms with Crippen LogP contribution in [0.2, 0.25) is 0 Å². The van der Waals surface area contributed by atoms with Crippen LogP contribution in [0.15, 0.2) is 53.0 Å². The summed E-state index contributed by atoms with van der Waals surface area (Å²) in [5.74, 6) is -0.514. The second-order valence-electron chi connectivity index (χ2n) is 5.62. The number of ether oxygens (including phenoxy) is 1. The van der Waals surface area contributed by atoms with Gasteiger partial charge in [0.05, 0.1) is 7.11 Å². The summed E-state index contributed by atoms with van der Waals surface area (Å²) in [6.07, 6.45) is 0. The van der Waals surface area contributed by atoms with Crippen molar-refractivity contribution >= 4 is 33.6 Å². The first-order valence-corrected chi connectivity index (χ1v) is 8.51. The van der Waals surface area contributed by atoms with Gasteiger partial charge in [0.25, 0.3) is 0 Å². The van der Waals surface area contributed by atoms with Crippen molar-refractivity contribution in [2.24, 2.45) is 0 Å². The lowest BCUT2D eigenvalue weighted by molar-refractivity contribution is -0.142. The molecule has 1 aliphatic rings. The van der Waals surface area contributed by atoms with Crippen LogP contribution in [0.5, 0.6) is 5.75 Å². The molecule has 2 aromatic rings. The second-order valence-corrected chi connectivity index (χ2v) is 6.54. The van der Waals surface area contributed by atoms with Crippen molar-refractivity contribution in [3.8, 4) is 5.75 Å². The lowest BCUT2D eigenvalue weighted by atomic mass is 10.1. The van der Waals surface area contributed by atoms with E-state index in [1.165, 1.54) is 12.0 Å². The number of amides is 2. The minimum Gasteiger partial charge on any atom is -0.497 e. The fraction of sp³-hybridized carbons (Fsp3) is 0.222. The predicted molar refractivity (Wildman–Crippen MR) is 97.0 cm³/mol. The van der Waals surface area contributed by atoms with Crippen molar-refractivity contribution in [1.82, 2.24) is 4.90 Å². The Morgan fingerprint density at radius 3 is 2.56 bits per heavy atom. The molecule has 1 saturated heterocycles. The Hall–Kier alpha value is -2.54. The fourth-order valence-electron chi connectivity index (χ4n) is 2.92. The predicted octanol–water partition coefficient (Wildman–Crippen LogP) is 3.53. The van der Waals surface area contributed by atoms with Crippen LogP contribution in [0.3, 0.4) is 0 Å². The van der Waals surface area contributed by atoms with Crippen molar-refractivity contribution in [3.63, 3.8) is 0 Å². The van der Waals surface area contributed by atoms with Crippen LogP contribution < -0.4 is 9.64 Å². The maximum Gasteiger partial charge on any atom is 0.331 e. The molecule has 7 heteroatoms. The van der Waals surface area contributed by atoms with Crippen molar-refractivity contribution in [2.45, 2.75) is 6.04 Å². The number of anilines is 1. The van der Waals surface area contributed by atoms with Gasteiger partial charge >= 0.3 is 12.0 Å². The zero-order chi connectivity index (χ0) is 18.0. The van der Waals surface area contributed by atoms with Crippen molar-refractivity contribution < 1.29 is 19.4 Å². The zero-order valence-electron chi connectivity index (χ0n) is 13.6. The van der Waals surface area contributed by atoms with E-state index in [1.54, 1.807) is 29.2 Å². The Labute approximate surface area is 153 Å². The van der Waals surface area contributed by atoms with Crippen LogP contribution in [0.1, 0.15) is 11.6 Å². The highest BCUT2D eigenvalue weighted by atomic mass is 79.9. The third kappa shape index (κ3) is 3.46. The molecular formula is C18H17BrN2O4. The number of hydrogen-bond acceptors (Lipinski definition) is 3. The maximum absolute atomic E-state index is 12.8. The summed E-state index contributed by atoms with van der Waals surface area (Å²) in [6.45, 7) is 0.775. The molecule has 1 heterocycles. The van der Waals surface area contributed by atoms with E-state index >= 15 is 0 Å². The quantitative estimate of drug-likeness (QED) is 0.827. The minimum absolute atomic E-state index is 0.322. The van der Waals surface area contributed by atoms with E-state index in [0.29, 0.717) is 24.4 Å². The first kappa shape index (κ1) is 17.3. The summed E-state index contributed by atoms with van der Waals surface area (Å²) >= 11 is 3.36. The number of aliphatic carboxylic acids is 1. The third-order valence-corrected chi connectivity index (χ3v) is 4.66. The van der Waals surface area contributed by atoms with Crippen molar-refractivity contribution in [1.29, 1.82) is 0 Å². The molecule has 0 bridgehead atoms. The largest absolute Gasteiger partial charge is 0.497 e. The Kier molecular flexibility index (Phi) is 4.94. The molecule has 6 nitrogen and oxygen atoms in total. The number of urea groups is 1. The molecule has 0 radical (unpaired) electrons. The molecule has 130 valence electrons. The van der Waals surface area contributed by atoms with Crippen molar-refractivity contribution in [3.05, 3.63) is 58.6 Å². The monoisotopic (exact) mass is 404 g/mol. The third-order valence-electron chi connectivity index (χ3n) is 4.13. The average Bonchev–Trinajstić information content (AvgIpc) is 2.97. The highest BCUT2D eigenvalue weighted by Crippen LogP contribution is 2.30. The number of benzene rings is 2. The lowest BCUT2D eigenvalue weighted by Crippen LogP contribution is -2.38. The number of halogens is 1. The average molecular weight is 405 g/mol. The molecule has 2 aromatic carbocycles. The molecule has 0 aromatic heterocycles. The summed E-state index contributed by atoms with van der Waals surface area (Å²) in [7, 11) is 1.52. The van der Waals surface area contributed by atoms with Crippen LogP contribution in [-0.4, -0.2) is 42.2 Å². The number of rotatable bonds is 5. The zero-order valence-corrected chi connectivity index (χ0v) is 15.1. The maximum atomic E-state index is 12.8. The van der Waals surface area contributed by atoms with Crippen molar-refractivity contribution in [2.75, 3.05) is 25.1 Å². The molecule has 1 unspecified atom stereocenters. The Morgan fingerprint density at radius 2 is 1.92 bits per heavy atom. The van der Waals surface area contributed by atoms with Gasteiger partial charge in [-0.25, -0.2) is 9.59 Å². The lowest BCUT2D eigenvalue weighted by Gasteiger charge is -2.25. The number of carbonyl (C=O) groups is 2. The van der Waals surface area contributed by atoms with E-state index in [9.17, 15) is 14.7 Å². The first-order chi connectivity index (χ1) is 12.0. The van der Waals surface area contributed by atoms with Crippen LogP contribution in [-0.2, 0) is 4.79 Å². The molecule has 1 atom stereocenters. The fourth-order valence-corrected chi connectivity index (χ4v) is 3.19. The van der Waals surface area contributed by atoms with Crippen LogP contribution in [0.25, 0.3) is 0 Å². The number of carboxylic acids is 1. The van der Waals surface area contributed by atoms with Gasteiger partial charge in [-0.05, 0) is 42.0 Å². The molecule has 2 amide bonds. The number of methoxy groups -OCH3 is 1. The molecule has 0 saturated carbocycles. The topological polar surface area (TPSA) is 70.1 Å². The Morgan fingerprint density at radius 1 is 1.20 bits per heavy atom. The minimum atomic E-state index is -1.07. The van der Waals surface area contributed by atoms with E-state index in [-0.39, 0.29) is 6.03 Å². The highest BCUT2D eigenvalue weighted by molar-refractivity contribution is 9.10. The van der Waals surface area contributed by atoms with Crippen LogP contribution in [0, 0.1) is 0 Å². The number of carboxylic acid groups (broad SMARTS) is 1. The number of hydrogen-bond donors (Lipinski definition) is 1. The molecule has 1 aliphatic heterocycles. The molecule has 1 N–H and O–H groups in total. The smallest absolute Gasteiger partial charge is 0.331 e. The number of nitrogens with zero attached hydrogens (tertiary/aromatic N) is 2. The summed E-state index contributed by atoms with van der Waals surface area (Å²) < 4.78 is 6.08. The van der Waals surface area contributed by atoms with Gasteiger partial charge in [0.1, 0.15) is 5.75 Å². The molecule has 25 heavy (non-hydrogen) atoms. The van der Waals surface area contributed by atoms with Crippen LogP contribution >= 0.6 is 15.9 Å². The standard InChI is InChI=1S/C18H17BrN2O4/c1-25-15-4-2-3-12(11-15)16(17(22)23)21-10-9-20(18(21)24)14-7-5-13(19)6-8-14/h2-8,11,16H,9-10H2,1H3,(H,22,23). The molecule has 3 rings (SSSR count). The SMILES string of the molecule is COc1cccc(C(C(=O)O)N2CCN(c3ccc(Br)cc3)C2=O)c1. The molecular weight excluding hydrogens is 388 g/mol. The van der Waals surface area contributed by atoms with Gasteiger partial charge in [-0.1, -0.05) is 28.1 Å². The molecule has 1 fully saturated rings. The van der Waals surface area contributed by atoms with Gasteiger partial charge in [-0.2, -0.15) is 0 Å². The summed E-state index contributed by atoms with van der Waals surface area (Å²) in [6, 6.07) is 12.8. The van der Waals surface area contributed by atoms with Gasteiger partial charge < -0.3 is 14.7 Å². The first-order valence-electron chi connectivity index (χ1n) is 7.71. The van der Waals surface area contributed by atoms with E-state index in [1.807, 2.05) is 24.3 Å². The van der Waals surface area contributed by atoms with Gasteiger partial charge in [-0.15, -0.1) is 0 Å². The van der Waals surface area contributed by atoms with Gasteiger partial charge in [0.15, 0.2) is 6.04 Å². The summed E-state index contributed by atoms with van der Waals surface area (Å²) in [4.78, 5) is 27.6. The number of carbonyl (C=O) groups excluding carboxylic acids is 1. The van der Waals surface area contributed by atoms with E-state index in [4.69, 9.17) is 4.74 Å². The van der Waals surface area contributed by atoms with Crippen LogP contribution in [0.4, 0.5) is 10.5 Å². The van der Waals surface area contributed by atoms with E-state index in [0.717, 1.165) is 10.2 Å². The van der Waals surface area contributed by atoms with E-state index < -0.39 is 12.0 Å². The normalized spacial score (nSPS) is 15.4. The molecule has 0 aliphatic carbocycles. The summed E-state index contributed by atoms with van der Waals surface area (Å²) in [5.41, 5.74) is 1.25. The Bertz CT molecular complexity index is 794.